The summed E-state index contributed by atoms with van der Waals surface area (Å²) in [5.74, 6) is 8.88. The van der Waals surface area contributed by atoms with Crippen molar-refractivity contribution in [1.29, 1.82) is 0 Å². The normalized spacial score (nSPS) is 10.5. The Morgan fingerprint density at radius 3 is 2.41 bits per heavy atom. The summed E-state index contributed by atoms with van der Waals surface area (Å²) >= 11 is 0. The quantitative estimate of drug-likeness (QED) is 0.629. The van der Waals surface area contributed by atoms with Crippen LogP contribution in [0.2, 0.25) is 0 Å². The van der Waals surface area contributed by atoms with Crippen molar-refractivity contribution in [3.8, 4) is 23.7 Å². The van der Waals surface area contributed by atoms with E-state index in [0.717, 1.165) is 0 Å². The molecular formula is C13H10O4. The molecule has 3 N–H and O–H groups in total. The van der Waals surface area contributed by atoms with E-state index in [1.54, 1.807) is 12.1 Å². The van der Waals surface area contributed by atoms with Gasteiger partial charge in [0.05, 0.1) is 12.2 Å². The van der Waals surface area contributed by atoms with Crippen LogP contribution in [0.3, 0.4) is 0 Å². The third-order valence-electron chi connectivity index (χ3n) is 1.81. The standard InChI is InChI=1S/C13H10O4/c14-9-12(15)4-2-1-3-10-5-7-11(8-6-10)13(16)17/h5-8,12,14-15H,9H2,(H,16,17)/t12-/m0/s1. The van der Waals surface area contributed by atoms with Gasteiger partial charge >= 0.3 is 5.97 Å². The molecular weight excluding hydrogens is 220 g/mol. The molecule has 0 fully saturated rings. The maximum Gasteiger partial charge on any atom is 0.335 e. The summed E-state index contributed by atoms with van der Waals surface area (Å²) in [6.07, 6.45) is -1.08. The summed E-state index contributed by atoms with van der Waals surface area (Å²) in [7, 11) is 0. The van der Waals surface area contributed by atoms with Crippen LogP contribution in [0.25, 0.3) is 0 Å². The van der Waals surface area contributed by atoms with Crippen molar-refractivity contribution >= 4 is 5.97 Å². The van der Waals surface area contributed by atoms with Gasteiger partial charge in [-0.05, 0) is 36.1 Å². The zero-order valence-corrected chi connectivity index (χ0v) is 8.84. The predicted octanol–water partition coefficient (Wildman–Crippen LogP) is 0.0929. The lowest BCUT2D eigenvalue weighted by molar-refractivity contribution is 0.0697. The lowest BCUT2D eigenvalue weighted by Crippen LogP contribution is -2.07. The van der Waals surface area contributed by atoms with Gasteiger partial charge < -0.3 is 15.3 Å². The first kappa shape index (κ1) is 12.8. The Kier molecular flexibility index (Phi) is 4.77. The number of carboxylic acid groups (broad SMARTS) is 1. The van der Waals surface area contributed by atoms with E-state index < -0.39 is 18.7 Å². The van der Waals surface area contributed by atoms with Crippen molar-refractivity contribution in [1.82, 2.24) is 0 Å². The highest BCUT2D eigenvalue weighted by atomic mass is 16.4. The molecule has 0 aromatic heterocycles. The molecule has 1 rings (SSSR count). The first-order chi connectivity index (χ1) is 8.13. The summed E-state index contributed by atoms with van der Waals surface area (Å²) in [5, 5.41) is 26.0. The second kappa shape index (κ2) is 6.34. The maximum atomic E-state index is 10.6. The van der Waals surface area contributed by atoms with Gasteiger partial charge in [0, 0.05) is 5.56 Å². The van der Waals surface area contributed by atoms with Crippen LogP contribution < -0.4 is 0 Å². The molecule has 4 nitrogen and oxygen atoms in total. The Labute approximate surface area is 98.5 Å². The number of aromatic carboxylic acids is 1. The van der Waals surface area contributed by atoms with E-state index in [1.165, 1.54) is 12.1 Å². The van der Waals surface area contributed by atoms with Crippen LogP contribution in [0, 0.1) is 23.7 Å². The lowest BCUT2D eigenvalue weighted by atomic mass is 10.1. The summed E-state index contributed by atoms with van der Waals surface area (Å²) in [6.45, 7) is -0.429. The third-order valence-corrected chi connectivity index (χ3v) is 1.81. The Morgan fingerprint density at radius 2 is 1.88 bits per heavy atom. The van der Waals surface area contributed by atoms with E-state index in [0.29, 0.717) is 5.56 Å². The Bertz CT molecular complexity index is 508. The summed E-state index contributed by atoms with van der Waals surface area (Å²) in [5.41, 5.74) is 0.820. The topological polar surface area (TPSA) is 77.8 Å². The zero-order chi connectivity index (χ0) is 12.7. The van der Waals surface area contributed by atoms with Gasteiger partial charge in [-0.1, -0.05) is 11.8 Å². The molecule has 1 aromatic rings. The molecule has 86 valence electrons. The summed E-state index contributed by atoms with van der Waals surface area (Å²) in [4.78, 5) is 10.6. The highest BCUT2D eigenvalue weighted by Gasteiger charge is 1.99. The number of rotatable bonds is 2. The highest BCUT2D eigenvalue weighted by Crippen LogP contribution is 2.02. The number of hydrogen-bond donors (Lipinski definition) is 3. The molecule has 0 radical (unpaired) electrons. The monoisotopic (exact) mass is 230 g/mol. The molecule has 1 atom stereocenters. The fourth-order valence-corrected chi connectivity index (χ4v) is 0.965. The van der Waals surface area contributed by atoms with Crippen LogP contribution in [0.4, 0.5) is 0 Å². The first-order valence-electron chi connectivity index (χ1n) is 4.77. The van der Waals surface area contributed by atoms with Crippen molar-refractivity contribution in [2.45, 2.75) is 6.10 Å². The summed E-state index contributed by atoms with van der Waals surface area (Å²) < 4.78 is 0. The molecule has 4 heteroatoms. The van der Waals surface area contributed by atoms with Crippen molar-refractivity contribution in [3.63, 3.8) is 0 Å². The third kappa shape index (κ3) is 4.40. The van der Waals surface area contributed by atoms with E-state index in [4.69, 9.17) is 15.3 Å². The van der Waals surface area contributed by atoms with Crippen LogP contribution >= 0.6 is 0 Å². The van der Waals surface area contributed by atoms with Crippen LogP contribution in [0.15, 0.2) is 24.3 Å². The van der Waals surface area contributed by atoms with Crippen molar-refractivity contribution in [2.75, 3.05) is 6.61 Å². The second-order valence-corrected chi connectivity index (χ2v) is 3.10. The average Bonchev–Trinajstić information content (AvgIpc) is 2.34. The fourth-order valence-electron chi connectivity index (χ4n) is 0.965. The number of carbonyl (C=O) groups is 1. The molecule has 17 heavy (non-hydrogen) atoms. The molecule has 0 spiro atoms. The van der Waals surface area contributed by atoms with Crippen molar-refractivity contribution in [3.05, 3.63) is 35.4 Å². The SMILES string of the molecule is O=C(O)c1ccc(C#CC#C[C@H](O)CO)cc1. The molecule has 0 amide bonds. The van der Waals surface area contributed by atoms with E-state index in [-0.39, 0.29) is 5.56 Å². The summed E-state index contributed by atoms with van der Waals surface area (Å²) in [6, 6.07) is 6.03. The van der Waals surface area contributed by atoms with Gasteiger partial charge in [-0.3, -0.25) is 0 Å². The minimum atomic E-state index is -1.08. The Hall–Kier alpha value is -2.27. The first-order valence-corrected chi connectivity index (χ1v) is 4.77. The smallest absolute Gasteiger partial charge is 0.335 e. The Balaban J connectivity index is 2.72. The molecule has 0 aliphatic heterocycles. The molecule has 0 aliphatic rings. The molecule has 0 unspecified atom stereocenters. The Morgan fingerprint density at radius 1 is 1.24 bits per heavy atom. The van der Waals surface area contributed by atoms with Crippen LogP contribution in [0.5, 0.6) is 0 Å². The van der Waals surface area contributed by atoms with E-state index in [9.17, 15) is 4.79 Å². The predicted molar refractivity (Wildman–Crippen MR) is 61.1 cm³/mol. The number of hydrogen-bond acceptors (Lipinski definition) is 3. The van der Waals surface area contributed by atoms with Gasteiger partial charge in [0.25, 0.3) is 0 Å². The highest BCUT2D eigenvalue weighted by molar-refractivity contribution is 5.87. The molecule has 0 aliphatic carbocycles. The van der Waals surface area contributed by atoms with Gasteiger partial charge in [0.15, 0.2) is 0 Å². The largest absolute Gasteiger partial charge is 0.478 e. The number of aliphatic hydroxyl groups is 2. The fraction of sp³-hybridized carbons (Fsp3) is 0.154. The number of benzene rings is 1. The van der Waals surface area contributed by atoms with Gasteiger partial charge in [-0.15, -0.1) is 0 Å². The van der Waals surface area contributed by atoms with Gasteiger partial charge in [-0.25, -0.2) is 4.79 Å². The van der Waals surface area contributed by atoms with E-state index in [2.05, 4.69) is 23.7 Å². The number of carboxylic acids is 1. The van der Waals surface area contributed by atoms with Gasteiger partial charge in [-0.2, -0.15) is 0 Å². The van der Waals surface area contributed by atoms with E-state index >= 15 is 0 Å². The van der Waals surface area contributed by atoms with Crippen molar-refractivity contribution in [2.24, 2.45) is 0 Å². The minimum absolute atomic E-state index is 0.192. The lowest BCUT2D eigenvalue weighted by Gasteiger charge is -1.93. The maximum absolute atomic E-state index is 10.6. The van der Waals surface area contributed by atoms with E-state index in [1.807, 2.05) is 0 Å². The molecule has 0 heterocycles. The van der Waals surface area contributed by atoms with Crippen molar-refractivity contribution < 1.29 is 20.1 Å². The molecule has 1 aromatic carbocycles. The minimum Gasteiger partial charge on any atom is -0.478 e. The average molecular weight is 230 g/mol. The van der Waals surface area contributed by atoms with Gasteiger partial charge in [0.1, 0.15) is 6.10 Å². The second-order valence-electron chi connectivity index (χ2n) is 3.10. The van der Waals surface area contributed by atoms with Crippen LogP contribution in [-0.4, -0.2) is 34.0 Å². The molecule has 0 saturated carbocycles. The molecule has 0 saturated heterocycles. The zero-order valence-electron chi connectivity index (χ0n) is 8.84. The van der Waals surface area contributed by atoms with Crippen LogP contribution in [-0.2, 0) is 0 Å². The number of aliphatic hydroxyl groups excluding tert-OH is 2. The molecule has 0 bridgehead atoms. The van der Waals surface area contributed by atoms with Crippen LogP contribution in [0.1, 0.15) is 15.9 Å². The van der Waals surface area contributed by atoms with Gasteiger partial charge in [0.2, 0.25) is 0 Å².